The van der Waals surface area contributed by atoms with Crippen molar-refractivity contribution in [2.24, 2.45) is 0 Å². The summed E-state index contributed by atoms with van der Waals surface area (Å²) in [7, 11) is 1.33. The maximum Gasteiger partial charge on any atom is 0.306 e. The summed E-state index contributed by atoms with van der Waals surface area (Å²) in [6.45, 7) is 0.0175. The zero-order valence-electron chi connectivity index (χ0n) is 10.4. The first kappa shape index (κ1) is 16.6. The normalized spacial score (nSPS) is 11.9. The third kappa shape index (κ3) is 4.56. The summed E-state index contributed by atoms with van der Waals surface area (Å²) in [5, 5.41) is 22.2. The molecule has 0 aliphatic heterocycles. The number of halogens is 2. The first-order valence-corrected chi connectivity index (χ1v) is 6.55. The van der Waals surface area contributed by atoms with Crippen LogP contribution in [0.1, 0.15) is 6.42 Å². The fraction of sp³-hybridized carbons (Fsp3) is 0.364. The number of anilines is 1. The Balaban J connectivity index is 2.88. The van der Waals surface area contributed by atoms with Gasteiger partial charge in [-0.2, -0.15) is 0 Å². The van der Waals surface area contributed by atoms with Crippen LogP contribution in [0.5, 0.6) is 0 Å². The Hall–Kier alpha value is -1.49. The van der Waals surface area contributed by atoms with Crippen molar-refractivity contribution in [2.75, 3.05) is 19.0 Å². The first-order valence-electron chi connectivity index (χ1n) is 5.47. The molecule has 0 aliphatic rings. The van der Waals surface area contributed by atoms with Crippen molar-refractivity contribution < 1.29 is 24.0 Å². The van der Waals surface area contributed by atoms with E-state index >= 15 is 0 Å². The lowest BCUT2D eigenvalue weighted by Crippen LogP contribution is -2.25. The SMILES string of the molecule is COC(CNc1cc(F)c(I)cc1[N+](=O)[O-])CC(=O)O. The number of nitrogens with zero attached hydrogens (tertiary/aromatic N) is 1. The van der Waals surface area contributed by atoms with Crippen LogP contribution in [0.15, 0.2) is 12.1 Å². The average molecular weight is 398 g/mol. The van der Waals surface area contributed by atoms with E-state index in [1.807, 2.05) is 0 Å². The minimum absolute atomic E-state index is 0.0136. The summed E-state index contributed by atoms with van der Waals surface area (Å²) in [6.07, 6.45) is -0.932. The molecule has 1 aromatic rings. The van der Waals surface area contributed by atoms with Gasteiger partial charge in [0.25, 0.3) is 5.69 Å². The highest BCUT2D eigenvalue weighted by Crippen LogP contribution is 2.28. The van der Waals surface area contributed by atoms with Crippen LogP contribution in [-0.2, 0) is 9.53 Å². The van der Waals surface area contributed by atoms with Crippen LogP contribution in [0.2, 0.25) is 0 Å². The number of carbonyl (C=O) groups is 1. The molecule has 0 aromatic heterocycles. The molecule has 0 spiro atoms. The number of nitro groups is 1. The van der Waals surface area contributed by atoms with Gasteiger partial charge in [0.1, 0.15) is 11.5 Å². The predicted octanol–water partition coefficient (Wildman–Crippen LogP) is 2.24. The summed E-state index contributed by atoms with van der Waals surface area (Å²) in [4.78, 5) is 20.8. The summed E-state index contributed by atoms with van der Waals surface area (Å²) in [5.41, 5.74) is -0.290. The molecule has 1 atom stereocenters. The molecule has 0 aliphatic carbocycles. The average Bonchev–Trinajstić information content (AvgIpc) is 2.37. The fourth-order valence-corrected chi connectivity index (χ4v) is 1.94. The minimum atomic E-state index is -1.05. The van der Waals surface area contributed by atoms with Crippen molar-refractivity contribution in [3.8, 4) is 0 Å². The molecule has 1 unspecified atom stereocenters. The van der Waals surface area contributed by atoms with Crippen molar-refractivity contribution in [1.82, 2.24) is 0 Å². The second kappa shape index (κ2) is 7.33. The van der Waals surface area contributed by atoms with E-state index < -0.39 is 22.8 Å². The monoisotopic (exact) mass is 398 g/mol. The lowest BCUT2D eigenvalue weighted by Gasteiger charge is -2.15. The van der Waals surface area contributed by atoms with E-state index in [0.717, 1.165) is 12.1 Å². The molecular formula is C11H12FIN2O5. The van der Waals surface area contributed by atoms with Gasteiger partial charge in [-0.05, 0) is 22.6 Å². The van der Waals surface area contributed by atoms with E-state index in [-0.39, 0.29) is 27.9 Å². The van der Waals surface area contributed by atoms with Crippen molar-refractivity contribution in [2.45, 2.75) is 12.5 Å². The summed E-state index contributed by atoms with van der Waals surface area (Å²) >= 11 is 1.66. The van der Waals surface area contributed by atoms with Gasteiger partial charge in [-0.15, -0.1) is 0 Å². The number of nitrogens with one attached hydrogen (secondary N) is 1. The largest absolute Gasteiger partial charge is 0.481 e. The third-order valence-electron chi connectivity index (χ3n) is 2.49. The molecule has 7 nitrogen and oxygen atoms in total. The van der Waals surface area contributed by atoms with E-state index in [1.54, 1.807) is 22.6 Å². The predicted molar refractivity (Wildman–Crippen MR) is 77.3 cm³/mol. The van der Waals surface area contributed by atoms with E-state index in [0.29, 0.717) is 0 Å². The van der Waals surface area contributed by atoms with Gasteiger partial charge in [0.15, 0.2) is 0 Å². The van der Waals surface area contributed by atoms with Gasteiger partial charge in [-0.25, -0.2) is 4.39 Å². The maximum absolute atomic E-state index is 13.4. The van der Waals surface area contributed by atoms with Crippen LogP contribution >= 0.6 is 22.6 Å². The molecule has 0 saturated heterocycles. The van der Waals surface area contributed by atoms with Crippen LogP contribution in [0, 0.1) is 19.5 Å². The Labute approximate surface area is 127 Å². The Morgan fingerprint density at radius 1 is 1.65 bits per heavy atom. The number of carboxylic acids is 1. The number of benzene rings is 1. The van der Waals surface area contributed by atoms with Crippen LogP contribution in [0.3, 0.4) is 0 Å². The van der Waals surface area contributed by atoms with Crippen LogP contribution in [-0.4, -0.2) is 35.8 Å². The lowest BCUT2D eigenvalue weighted by molar-refractivity contribution is -0.384. The Morgan fingerprint density at radius 2 is 2.30 bits per heavy atom. The molecule has 0 heterocycles. The first-order chi connectivity index (χ1) is 9.35. The minimum Gasteiger partial charge on any atom is -0.481 e. The molecule has 20 heavy (non-hydrogen) atoms. The van der Waals surface area contributed by atoms with E-state index in [9.17, 15) is 19.3 Å². The maximum atomic E-state index is 13.4. The number of hydrogen-bond donors (Lipinski definition) is 2. The van der Waals surface area contributed by atoms with Crippen molar-refractivity contribution in [3.63, 3.8) is 0 Å². The second-order valence-electron chi connectivity index (χ2n) is 3.88. The molecule has 0 saturated carbocycles. The van der Waals surface area contributed by atoms with Crippen molar-refractivity contribution in [1.29, 1.82) is 0 Å². The third-order valence-corrected chi connectivity index (χ3v) is 3.32. The zero-order valence-corrected chi connectivity index (χ0v) is 12.6. The van der Waals surface area contributed by atoms with Gasteiger partial charge < -0.3 is 15.2 Å². The van der Waals surface area contributed by atoms with Gasteiger partial charge in [0.05, 0.1) is 21.0 Å². The molecule has 9 heteroatoms. The second-order valence-corrected chi connectivity index (χ2v) is 5.04. The molecule has 110 valence electrons. The highest BCUT2D eigenvalue weighted by Gasteiger charge is 2.19. The van der Waals surface area contributed by atoms with Crippen LogP contribution in [0.25, 0.3) is 0 Å². The van der Waals surface area contributed by atoms with Gasteiger partial charge in [0, 0.05) is 25.8 Å². The molecule has 0 amide bonds. The lowest BCUT2D eigenvalue weighted by atomic mass is 10.2. The number of methoxy groups -OCH3 is 1. The van der Waals surface area contributed by atoms with Crippen LogP contribution < -0.4 is 5.32 Å². The summed E-state index contributed by atoms with van der Waals surface area (Å²) in [6, 6.07) is 2.12. The van der Waals surface area contributed by atoms with E-state index in [4.69, 9.17) is 9.84 Å². The standard InChI is InChI=1S/C11H12FIN2O5/c1-20-6(2-11(16)17)5-14-9-3-7(12)8(13)4-10(9)15(18)19/h3-4,6,14H,2,5H2,1H3,(H,16,17). The number of ether oxygens (including phenoxy) is 1. The van der Waals surface area contributed by atoms with E-state index in [1.165, 1.54) is 7.11 Å². The fourth-order valence-electron chi connectivity index (χ4n) is 1.49. The number of hydrogen-bond acceptors (Lipinski definition) is 5. The Kier molecular flexibility index (Phi) is 6.07. The van der Waals surface area contributed by atoms with Gasteiger partial charge in [0.2, 0.25) is 0 Å². The Morgan fingerprint density at radius 3 is 2.80 bits per heavy atom. The molecule has 1 rings (SSSR count). The summed E-state index contributed by atoms with van der Waals surface area (Å²) in [5.74, 6) is -1.65. The topological polar surface area (TPSA) is 102 Å². The number of carboxylic acid groups (broad SMARTS) is 1. The molecule has 0 radical (unpaired) electrons. The van der Waals surface area contributed by atoms with Gasteiger partial charge in [-0.3, -0.25) is 14.9 Å². The summed E-state index contributed by atoms with van der Waals surface area (Å²) < 4.78 is 18.5. The molecule has 1 aromatic carbocycles. The highest BCUT2D eigenvalue weighted by molar-refractivity contribution is 14.1. The van der Waals surface area contributed by atoms with Crippen LogP contribution in [0.4, 0.5) is 15.8 Å². The van der Waals surface area contributed by atoms with Gasteiger partial charge >= 0.3 is 5.97 Å². The van der Waals surface area contributed by atoms with E-state index in [2.05, 4.69) is 5.32 Å². The zero-order chi connectivity index (χ0) is 15.3. The molecular weight excluding hydrogens is 386 g/mol. The highest BCUT2D eigenvalue weighted by atomic mass is 127. The molecule has 0 bridgehead atoms. The van der Waals surface area contributed by atoms with Gasteiger partial charge in [-0.1, -0.05) is 0 Å². The molecule has 2 N–H and O–H groups in total. The Bertz CT molecular complexity index is 526. The smallest absolute Gasteiger partial charge is 0.306 e. The van der Waals surface area contributed by atoms with Crippen molar-refractivity contribution >= 4 is 39.9 Å². The quantitative estimate of drug-likeness (QED) is 0.415. The number of rotatable bonds is 7. The number of aliphatic carboxylic acids is 1. The number of nitro benzene ring substituents is 1. The van der Waals surface area contributed by atoms with Crippen molar-refractivity contribution in [3.05, 3.63) is 31.6 Å². The molecule has 0 fully saturated rings.